The summed E-state index contributed by atoms with van der Waals surface area (Å²) in [6, 6.07) is 3.99. The number of nitrogens with one attached hydrogen (secondary N) is 1. The quantitative estimate of drug-likeness (QED) is 0.677. The molecule has 0 aromatic carbocycles. The molecule has 2 aromatic heterocycles. The number of H-pyrrole nitrogens is 1. The summed E-state index contributed by atoms with van der Waals surface area (Å²) in [7, 11) is 0. The van der Waals surface area contributed by atoms with Crippen molar-refractivity contribution in [2.24, 2.45) is 0 Å². The van der Waals surface area contributed by atoms with Crippen LogP contribution < -0.4 is 5.56 Å². The Morgan fingerprint density at radius 3 is 3.14 bits per heavy atom. The molecule has 14 heavy (non-hydrogen) atoms. The predicted molar refractivity (Wildman–Crippen MR) is 66.0 cm³/mol. The van der Waals surface area contributed by atoms with Crippen LogP contribution in [0.4, 0.5) is 0 Å². The highest BCUT2D eigenvalue weighted by Gasteiger charge is 2.07. The maximum Gasteiger partial charge on any atom is 0.265 e. The highest BCUT2D eigenvalue weighted by molar-refractivity contribution is 14.1. The summed E-state index contributed by atoms with van der Waals surface area (Å²) in [6.45, 7) is 0. The second-order valence-electron chi connectivity index (χ2n) is 2.38. The minimum absolute atomic E-state index is 0.0837. The molecule has 2 rings (SSSR count). The Balaban J connectivity index is 2.34. The molecule has 0 saturated heterocycles. The molecule has 0 aliphatic carbocycles. The van der Waals surface area contributed by atoms with Crippen molar-refractivity contribution >= 4 is 45.7 Å². The molecule has 0 bridgehead atoms. The SMILES string of the molecule is O=c1[nH]cnc(Sc2cccs2)c1I. The number of aromatic nitrogens is 2. The number of hydrogen-bond acceptors (Lipinski definition) is 4. The molecule has 0 atom stereocenters. The van der Waals surface area contributed by atoms with Crippen LogP contribution in [0.3, 0.4) is 0 Å². The lowest BCUT2D eigenvalue weighted by Crippen LogP contribution is -2.10. The summed E-state index contributed by atoms with van der Waals surface area (Å²) in [6.07, 6.45) is 1.43. The molecule has 72 valence electrons. The van der Waals surface area contributed by atoms with Crippen molar-refractivity contribution in [2.75, 3.05) is 0 Å². The van der Waals surface area contributed by atoms with Crippen molar-refractivity contribution in [3.05, 3.63) is 37.8 Å². The Labute approximate surface area is 102 Å². The van der Waals surface area contributed by atoms with E-state index >= 15 is 0 Å². The van der Waals surface area contributed by atoms with E-state index in [9.17, 15) is 4.79 Å². The Bertz CT molecular complexity index is 480. The number of nitrogens with zero attached hydrogens (tertiary/aromatic N) is 1. The molecular formula is C8H5IN2OS2. The fourth-order valence-corrected chi connectivity index (χ4v) is 3.15. The Hall–Kier alpha value is -0.340. The van der Waals surface area contributed by atoms with Crippen molar-refractivity contribution in [3.8, 4) is 0 Å². The molecule has 0 unspecified atom stereocenters. The van der Waals surface area contributed by atoms with Gasteiger partial charge in [-0.15, -0.1) is 11.3 Å². The lowest BCUT2D eigenvalue weighted by Gasteiger charge is -1.98. The molecule has 0 radical (unpaired) electrons. The second-order valence-corrected chi connectivity index (χ2v) is 5.70. The molecule has 0 aliphatic rings. The number of thiophene rings is 1. The van der Waals surface area contributed by atoms with Crippen molar-refractivity contribution in [1.29, 1.82) is 0 Å². The second kappa shape index (κ2) is 4.45. The highest BCUT2D eigenvalue weighted by atomic mass is 127. The normalized spacial score (nSPS) is 10.4. The first kappa shape index (κ1) is 10.2. The molecule has 2 heterocycles. The monoisotopic (exact) mass is 336 g/mol. The smallest absolute Gasteiger partial charge is 0.265 e. The van der Waals surface area contributed by atoms with Crippen LogP contribution in [0.2, 0.25) is 0 Å². The van der Waals surface area contributed by atoms with Gasteiger partial charge in [0.2, 0.25) is 0 Å². The number of halogens is 1. The number of hydrogen-bond donors (Lipinski definition) is 1. The third-order valence-corrected chi connectivity index (χ3v) is 4.86. The summed E-state index contributed by atoms with van der Waals surface area (Å²) in [5.74, 6) is 0. The van der Waals surface area contributed by atoms with Crippen molar-refractivity contribution < 1.29 is 0 Å². The van der Waals surface area contributed by atoms with Crippen molar-refractivity contribution in [1.82, 2.24) is 9.97 Å². The maximum atomic E-state index is 11.3. The van der Waals surface area contributed by atoms with Crippen LogP contribution >= 0.6 is 45.7 Å². The van der Waals surface area contributed by atoms with Gasteiger partial charge in [0.05, 0.1) is 10.5 Å². The molecule has 0 aliphatic heterocycles. The first-order valence-corrected chi connectivity index (χ1v) is 6.49. The van der Waals surface area contributed by atoms with Gasteiger partial charge in [0, 0.05) is 0 Å². The van der Waals surface area contributed by atoms with E-state index in [0.29, 0.717) is 3.57 Å². The topological polar surface area (TPSA) is 45.8 Å². The number of aromatic amines is 1. The summed E-state index contributed by atoms with van der Waals surface area (Å²) in [5, 5.41) is 2.76. The molecule has 2 aromatic rings. The van der Waals surface area contributed by atoms with Crippen LogP contribution in [0.1, 0.15) is 0 Å². The largest absolute Gasteiger partial charge is 0.312 e. The van der Waals surface area contributed by atoms with E-state index in [2.05, 4.69) is 9.97 Å². The predicted octanol–water partition coefficient (Wildman–Crippen LogP) is 2.59. The third-order valence-electron chi connectivity index (χ3n) is 1.46. The summed E-state index contributed by atoms with van der Waals surface area (Å²) in [4.78, 5) is 17.9. The van der Waals surface area contributed by atoms with Gasteiger partial charge in [-0.25, -0.2) is 4.98 Å². The molecule has 0 spiro atoms. The van der Waals surface area contributed by atoms with Gasteiger partial charge in [0.1, 0.15) is 8.60 Å². The van der Waals surface area contributed by atoms with Crippen LogP contribution in [0, 0.1) is 3.57 Å². The lowest BCUT2D eigenvalue weighted by atomic mass is 10.7. The van der Waals surface area contributed by atoms with E-state index in [-0.39, 0.29) is 5.56 Å². The van der Waals surface area contributed by atoms with Gasteiger partial charge in [-0.05, 0) is 34.0 Å². The Morgan fingerprint density at radius 2 is 2.43 bits per heavy atom. The van der Waals surface area contributed by atoms with Gasteiger partial charge in [-0.1, -0.05) is 17.8 Å². The van der Waals surface area contributed by atoms with Crippen LogP contribution in [-0.2, 0) is 0 Å². The van der Waals surface area contributed by atoms with E-state index in [0.717, 1.165) is 9.24 Å². The molecule has 6 heteroatoms. The third kappa shape index (κ3) is 2.18. The molecule has 0 fully saturated rings. The van der Waals surface area contributed by atoms with Gasteiger partial charge < -0.3 is 4.98 Å². The summed E-state index contributed by atoms with van der Waals surface area (Å²) in [5.41, 5.74) is -0.0837. The van der Waals surface area contributed by atoms with Gasteiger partial charge in [0.15, 0.2) is 0 Å². The zero-order valence-electron chi connectivity index (χ0n) is 6.86. The van der Waals surface area contributed by atoms with Crippen LogP contribution in [0.5, 0.6) is 0 Å². The van der Waals surface area contributed by atoms with E-state index < -0.39 is 0 Å². The van der Waals surface area contributed by atoms with Crippen molar-refractivity contribution in [3.63, 3.8) is 0 Å². The first-order valence-electron chi connectivity index (χ1n) is 3.72. The maximum absolute atomic E-state index is 11.3. The van der Waals surface area contributed by atoms with Crippen LogP contribution in [0.25, 0.3) is 0 Å². The standard InChI is InChI=1S/C8H5IN2OS2/c9-6-7(12)10-4-11-8(6)14-5-2-1-3-13-5/h1-4H,(H,10,11,12). The van der Waals surface area contributed by atoms with E-state index in [4.69, 9.17) is 0 Å². The van der Waals surface area contributed by atoms with Crippen LogP contribution in [0.15, 0.2) is 37.9 Å². The minimum atomic E-state index is -0.0837. The molecule has 0 saturated carbocycles. The van der Waals surface area contributed by atoms with E-state index in [1.54, 1.807) is 11.3 Å². The zero-order valence-corrected chi connectivity index (χ0v) is 10.6. The molecule has 3 nitrogen and oxygen atoms in total. The van der Waals surface area contributed by atoms with Crippen molar-refractivity contribution in [2.45, 2.75) is 9.24 Å². The number of rotatable bonds is 2. The summed E-state index contributed by atoms with van der Waals surface area (Å²) < 4.78 is 1.78. The molecular weight excluding hydrogens is 331 g/mol. The first-order chi connectivity index (χ1) is 6.77. The summed E-state index contributed by atoms with van der Waals surface area (Å²) >= 11 is 5.16. The Morgan fingerprint density at radius 1 is 1.57 bits per heavy atom. The highest BCUT2D eigenvalue weighted by Crippen LogP contribution is 2.30. The van der Waals surface area contributed by atoms with E-state index in [1.807, 2.05) is 40.1 Å². The Kier molecular flexibility index (Phi) is 3.24. The lowest BCUT2D eigenvalue weighted by molar-refractivity contribution is 0.989. The average molecular weight is 336 g/mol. The van der Waals surface area contributed by atoms with Gasteiger partial charge >= 0.3 is 0 Å². The fourth-order valence-electron chi connectivity index (χ4n) is 0.855. The zero-order chi connectivity index (χ0) is 9.97. The average Bonchev–Trinajstić information content (AvgIpc) is 2.66. The van der Waals surface area contributed by atoms with E-state index in [1.165, 1.54) is 18.1 Å². The van der Waals surface area contributed by atoms with Gasteiger partial charge in [-0.2, -0.15) is 0 Å². The van der Waals surface area contributed by atoms with Gasteiger partial charge in [0.25, 0.3) is 5.56 Å². The fraction of sp³-hybridized carbons (Fsp3) is 0. The van der Waals surface area contributed by atoms with Gasteiger partial charge in [-0.3, -0.25) is 4.79 Å². The minimum Gasteiger partial charge on any atom is -0.312 e. The molecule has 0 amide bonds. The molecule has 1 N–H and O–H groups in total. The van der Waals surface area contributed by atoms with Crippen LogP contribution in [-0.4, -0.2) is 9.97 Å².